The number of nitrogens with one attached hydrogen (secondary N) is 1. The Labute approximate surface area is 260 Å². The highest BCUT2D eigenvalue weighted by Crippen LogP contribution is 2.28. The standard InChI is InChI=1S/C35H39N3O5S/c1-3-25-36-35(40)33(4-2)37(26-24-28-14-8-5-9-15-28)34(39)27-38(44(41,42)32-18-12-7-13-19-32)29-20-22-31(23-21-29)43-30-16-10-6-11-17-30/h5-23,33H,3-4,24-27H2,1-2H3,(H,36,40)/t33-/m1/s1. The van der Waals surface area contributed by atoms with E-state index >= 15 is 0 Å². The van der Waals surface area contributed by atoms with E-state index in [1.807, 2.05) is 74.5 Å². The number of anilines is 1. The zero-order valence-corrected chi connectivity index (χ0v) is 26.0. The van der Waals surface area contributed by atoms with E-state index in [1.165, 1.54) is 17.0 Å². The molecular formula is C35H39N3O5S. The molecule has 0 heterocycles. The van der Waals surface area contributed by atoms with E-state index < -0.39 is 28.5 Å². The predicted octanol–water partition coefficient (Wildman–Crippen LogP) is 6.05. The van der Waals surface area contributed by atoms with E-state index in [9.17, 15) is 18.0 Å². The topological polar surface area (TPSA) is 96.0 Å². The first-order chi connectivity index (χ1) is 21.3. The minimum absolute atomic E-state index is 0.0565. The molecule has 0 fully saturated rings. The van der Waals surface area contributed by atoms with Crippen molar-refractivity contribution >= 4 is 27.5 Å². The second-order valence-electron chi connectivity index (χ2n) is 10.3. The van der Waals surface area contributed by atoms with Crippen LogP contribution in [0.15, 0.2) is 120 Å². The molecule has 0 saturated carbocycles. The Morgan fingerprint density at radius 1 is 0.773 bits per heavy atom. The maximum absolute atomic E-state index is 14.1. The van der Waals surface area contributed by atoms with E-state index in [4.69, 9.17) is 4.74 Å². The van der Waals surface area contributed by atoms with Crippen LogP contribution in [0.4, 0.5) is 5.69 Å². The summed E-state index contributed by atoms with van der Waals surface area (Å²) < 4.78 is 35.0. The van der Waals surface area contributed by atoms with Crippen molar-refractivity contribution in [2.24, 2.45) is 0 Å². The smallest absolute Gasteiger partial charge is 0.264 e. The minimum Gasteiger partial charge on any atom is -0.457 e. The van der Waals surface area contributed by atoms with Crippen LogP contribution >= 0.6 is 0 Å². The summed E-state index contributed by atoms with van der Waals surface area (Å²) in [7, 11) is -4.14. The molecule has 230 valence electrons. The highest BCUT2D eigenvalue weighted by atomic mass is 32.2. The third-order valence-electron chi connectivity index (χ3n) is 7.13. The summed E-state index contributed by atoms with van der Waals surface area (Å²) in [5, 5.41) is 2.91. The lowest BCUT2D eigenvalue weighted by molar-refractivity contribution is -0.139. The lowest BCUT2D eigenvalue weighted by atomic mass is 10.1. The van der Waals surface area contributed by atoms with Crippen LogP contribution in [-0.4, -0.2) is 50.8 Å². The number of hydrogen-bond donors (Lipinski definition) is 1. The van der Waals surface area contributed by atoms with Crippen LogP contribution in [0.5, 0.6) is 11.5 Å². The summed E-state index contributed by atoms with van der Waals surface area (Å²) in [6.07, 6.45) is 1.65. The molecule has 0 aliphatic carbocycles. The number of rotatable bonds is 15. The third kappa shape index (κ3) is 8.48. The van der Waals surface area contributed by atoms with Crippen molar-refractivity contribution in [2.75, 3.05) is 23.9 Å². The molecule has 1 atom stereocenters. The van der Waals surface area contributed by atoms with Gasteiger partial charge in [-0.25, -0.2) is 8.42 Å². The molecule has 4 rings (SSSR count). The average Bonchev–Trinajstić information content (AvgIpc) is 3.06. The van der Waals surface area contributed by atoms with Crippen LogP contribution in [0.2, 0.25) is 0 Å². The zero-order valence-electron chi connectivity index (χ0n) is 25.1. The summed E-state index contributed by atoms with van der Waals surface area (Å²) in [5.74, 6) is 0.441. The Hall–Kier alpha value is -4.63. The lowest BCUT2D eigenvalue weighted by Crippen LogP contribution is -2.53. The molecule has 44 heavy (non-hydrogen) atoms. The summed E-state index contributed by atoms with van der Waals surface area (Å²) in [4.78, 5) is 28.9. The van der Waals surface area contributed by atoms with Crippen molar-refractivity contribution in [1.29, 1.82) is 0 Å². The monoisotopic (exact) mass is 613 g/mol. The van der Waals surface area contributed by atoms with Crippen molar-refractivity contribution in [3.05, 3.63) is 121 Å². The van der Waals surface area contributed by atoms with Gasteiger partial charge in [0, 0.05) is 13.1 Å². The van der Waals surface area contributed by atoms with Gasteiger partial charge in [-0.3, -0.25) is 13.9 Å². The van der Waals surface area contributed by atoms with Gasteiger partial charge in [-0.15, -0.1) is 0 Å². The van der Waals surface area contributed by atoms with Gasteiger partial charge in [0.15, 0.2) is 0 Å². The number of sulfonamides is 1. The Kier molecular flexibility index (Phi) is 11.5. The second-order valence-corrected chi connectivity index (χ2v) is 12.1. The number of carbonyl (C=O) groups excluding carboxylic acids is 2. The number of carbonyl (C=O) groups is 2. The average molecular weight is 614 g/mol. The summed E-state index contributed by atoms with van der Waals surface area (Å²) in [6.45, 7) is 4.07. The van der Waals surface area contributed by atoms with Crippen LogP contribution in [0.25, 0.3) is 0 Å². The predicted molar refractivity (Wildman–Crippen MR) is 173 cm³/mol. The minimum atomic E-state index is -4.14. The first-order valence-electron chi connectivity index (χ1n) is 14.8. The summed E-state index contributed by atoms with van der Waals surface area (Å²) >= 11 is 0. The van der Waals surface area contributed by atoms with E-state index in [2.05, 4.69) is 5.32 Å². The van der Waals surface area contributed by atoms with Crippen LogP contribution in [0.3, 0.4) is 0 Å². The van der Waals surface area contributed by atoms with Crippen LogP contribution in [0, 0.1) is 0 Å². The highest BCUT2D eigenvalue weighted by Gasteiger charge is 2.33. The second kappa shape index (κ2) is 15.7. The van der Waals surface area contributed by atoms with Gasteiger partial charge in [-0.05, 0) is 73.4 Å². The van der Waals surface area contributed by atoms with Crippen molar-refractivity contribution in [3.8, 4) is 11.5 Å². The number of nitrogens with zero attached hydrogens (tertiary/aromatic N) is 2. The fourth-order valence-corrected chi connectivity index (χ4v) is 6.25. The molecule has 0 spiro atoms. The normalized spacial score (nSPS) is 11.8. The quantitative estimate of drug-likeness (QED) is 0.176. The number of amides is 2. The van der Waals surface area contributed by atoms with E-state index in [0.717, 1.165) is 16.3 Å². The molecule has 0 bridgehead atoms. The molecule has 4 aromatic rings. The molecule has 8 nitrogen and oxygen atoms in total. The number of ether oxygens (including phenoxy) is 1. The van der Waals surface area contributed by atoms with E-state index in [0.29, 0.717) is 36.6 Å². The van der Waals surface area contributed by atoms with Crippen molar-refractivity contribution in [3.63, 3.8) is 0 Å². The lowest BCUT2D eigenvalue weighted by Gasteiger charge is -2.33. The van der Waals surface area contributed by atoms with Gasteiger partial charge in [0.25, 0.3) is 10.0 Å². The zero-order chi connectivity index (χ0) is 31.4. The summed E-state index contributed by atoms with van der Waals surface area (Å²) in [5.41, 5.74) is 1.31. The van der Waals surface area contributed by atoms with Gasteiger partial charge < -0.3 is 15.0 Å². The maximum atomic E-state index is 14.1. The third-order valence-corrected chi connectivity index (χ3v) is 8.92. The largest absolute Gasteiger partial charge is 0.457 e. The van der Waals surface area contributed by atoms with Crippen molar-refractivity contribution in [2.45, 2.75) is 44.0 Å². The Balaban J connectivity index is 1.67. The molecule has 0 saturated heterocycles. The van der Waals surface area contributed by atoms with Gasteiger partial charge in [0.1, 0.15) is 24.1 Å². The Morgan fingerprint density at radius 2 is 1.34 bits per heavy atom. The molecular weight excluding hydrogens is 574 g/mol. The Bertz CT molecular complexity index is 1580. The van der Waals surface area contributed by atoms with Gasteiger partial charge in [-0.2, -0.15) is 0 Å². The van der Waals surface area contributed by atoms with Gasteiger partial charge in [0.2, 0.25) is 11.8 Å². The molecule has 9 heteroatoms. The Morgan fingerprint density at radius 3 is 1.93 bits per heavy atom. The van der Waals surface area contributed by atoms with Gasteiger partial charge >= 0.3 is 0 Å². The molecule has 4 aromatic carbocycles. The first kappa shape index (κ1) is 32.3. The number of benzene rings is 4. The molecule has 0 radical (unpaired) electrons. The molecule has 1 N–H and O–H groups in total. The van der Waals surface area contributed by atoms with Crippen molar-refractivity contribution < 1.29 is 22.7 Å². The maximum Gasteiger partial charge on any atom is 0.264 e. The van der Waals surface area contributed by atoms with Gasteiger partial charge in [-0.1, -0.05) is 80.6 Å². The molecule has 0 aliphatic rings. The summed E-state index contributed by atoms with van der Waals surface area (Å²) in [6, 6.07) is 32.8. The number of para-hydroxylation sites is 1. The molecule has 2 amide bonds. The fourth-order valence-electron chi connectivity index (χ4n) is 4.82. The SMILES string of the molecule is CCCNC(=O)[C@@H](CC)N(CCc1ccccc1)C(=O)CN(c1ccc(Oc2ccccc2)cc1)S(=O)(=O)c1ccccc1. The van der Waals surface area contributed by atoms with Crippen LogP contribution in [0.1, 0.15) is 32.3 Å². The number of hydrogen-bond acceptors (Lipinski definition) is 5. The van der Waals surface area contributed by atoms with Crippen LogP contribution in [-0.2, 0) is 26.0 Å². The fraction of sp³-hybridized carbons (Fsp3) is 0.257. The van der Waals surface area contributed by atoms with Crippen LogP contribution < -0.4 is 14.4 Å². The van der Waals surface area contributed by atoms with Crippen molar-refractivity contribution in [1.82, 2.24) is 10.2 Å². The molecule has 0 unspecified atom stereocenters. The van der Waals surface area contributed by atoms with E-state index in [-0.39, 0.29) is 17.3 Å². The molecule has 0 aromatic heterocycles. The van der Waals surface area contributed by atoms with E-state index in [1.54, 1.807) is 42.5 Å². The first-order valence-corrected chi connectivity index (χ1v) is 16.3. The van der Waals surface area contributed by atoms with Gasteiger partial charge in [0.05, 0.1) is 10.6 Å². The molecule has 0 aliphatic heterocycles. The highest BCUT2D eigenvalue weighted by molar-refractivity contribution is 7.92.